The molecular formula is C17H30O4. The Morgan fingerprint density at radius 3 is 1.90 bits per heavy atom. The highest BCUT2D eigenvalue weighted by Gasteiger charge is 1.98. The highest BCUT2D eigenvalue weighted by Crippen LogP contribution is 2.10. The molecule has 0 heterocycles. The van der Waals surface area contributed by atoms with Crippen LogP contribution < -0.4 is 0 Å². The van der Waals surface area contributed by atoms with Crippen LogP contribution in [0.5, 0.6) is 0 Å². The molecule has 0 saturated heterocycles. The summed E-state index contributed by atoms with van der Waals surface area (Å²) in [5, 5.41) is 8.48. The second kappa shape index (κ2) is 15.1. The van der Waals surface area contributed by atoms with Crippen molar-refractivity contribution in [3.05, 3.63) is 12.2 Å². The second-order valence-electron chi connectivity index (χ2n) is 5.35. The molecule has 4 heteroatoms. The van der Waals surface area contributed by atoms with Crippen molar-refractivity contribution in [1.29, 1.82) is 0 Å². The van der Waals surface area contributed by atoms with E-state index in [1.54, 1.807) is 0 Å². The summed E-state index contributed by atoms with van der Waals surface area (Å²) in [4.78, 5) is 21.2. The summed E-state index contributed by atoms with van der Waals surface area (Å²) in [6.07, 6.45) is 16.0. The number of rotatable bonds is 14. The average Bonchev–Trinajstić information content (AvgIpc) is 2.46. The summed E-state index contributed by atoms with van der Waals surface area (Å²) < 4.78 is 4.59. The largest absolute Gasteiger partial charge is 0.481 e. The molecule has 0 bridgehead atoms. The van der Waals surface area contributed by atoms with Crippen LogP contribution in [0.1, 0.15) is 77.0 Å². The van der Waals surface area contributed by atoms with E-state index in [0.29, 0.717) is 6.42 Å². The summed E-state index contributed by atoms with van der Waals surface area (Å²) >= 11 is 0. The summed E-state index contributed by atoms with van der Waals surface area (Å²) in [6.45, 7) is 0. The van der Waals surface area contributed by atoms with Crippen LogP contribution in [-0.4, -0.2) is 24.2 Å². The molecule has 1 N–H and O–H groups in total. The zero-order valence-electron chi connectivity index (χ0n) is 13.3. The predicted molar refractivity (Wildman–Crippen MR) is 84.2 cm³/mol. The minimum absolute atomic E-state index is 0.106. The molecule has 0 aromatic rings. The normalized spacial score (nSPS) is 10.9. The van der Waals surface area contributed by atoms with E-state index in [1.807, 2.05) is 0 Å². The van der Waals surface area contributed by atoms with E-state index < -0.39 is 5.97 Å². The van der Waals surface area contributed by atoms with Crippen molar-refractivity contribution in [1.82, 2.24) is 0 Å². The third-order valence-electron chi connectivity index (χ3n) is 3.41. The highest BCUT2D eigenvalue weighted by molar-refractivity contribution is 5.69. The van der Waals surface area contributed by atoms with Gasteiger partial charge in [-0.25, -0.2) is 0 Å². The number of aliphatic carboxylic acids is 1. The van der Waals surface area contributed by atoms with Gasteiger partial charge in [-0.15, -0.1) is 0 Å². The number of carboxylic acid groups (broad SMARTS) is 1. The number of carbonyl (C=O) groups is 2. The molecule has 0 aliphatic carbocycles. The first kappa shape index (κ1) is 19.7. The van der Waals surface area contributed by atoms with E-state index in [0.717, 1.165) is 32.1 Å². The monoisotopic (exact) mass is 298 g/mol. The zero-order chi connectivity index (χ0) is 15.8. The molecule has 0 aromatic carbocycles. The standard InChI is InChI=1S/C17H30O4/c1-21-17(20)15-13-11-9-7-5-3-2-4-6-8-10-12-14-16(18)19/h6,8H,2-5,7,9-15H2,1H3,(H,18,19). The molecule has 0 aliphatic rings. The van der Waals surface area contributed by atoms with Gasteiger partial charge in [0, 0.05) is 12.8 Å². The van der Waals surface area contributed by atoms with Crippen LogP contribution in [0.2, 0.25) is 0 Å². The van der Waals surface area contributed by atoms with Gasteiger partial charge >= 0.3 is 11.9 Å². The first-order valence-corrected chi connectivity index (χ1v) is 8.10. The van der Waals surface area contributed by atoms with Crippen LogP contribution in [0.4, 0.5) is 0 Å². The molecule has 21 heavy (non-hydrogen) atoms. The Hall–Kier alpha value is -1.32. The summed E-state index contributed by atoms with van der Waals surface area (Å²) in [7, 11) is 1.43. The van der Waals surface area contributed by atoms with Gasteiger partial charge in [-0.3, -0.25) is 9.59 Å². The lowest BCUT2D eigenvalue weighted by molar-refractivity contribution is -0.140. The maximum Gasteiger partial charge on any atom is 0.305 e. The number of carbonyl (C=O) groups excluding carboxylic acids is 1. The van der Waals surface area contributed by atoms with E-state index in [9.17, 15) is 9.59 Å². The number of esters is 1. The first-order chi connectivity index (χ1) is 10.2. The number of hydrogen-bond donors (Lipinski definition) is 1. The Labute approximate surface area is 128 Å². The molecule has 0 aliphatic heterocycles. The van der Waals surface area contributed by atoms with E-state index in [2.05, 4.69) is 16.9 Å². The van der Waals surface area contributed by atoms with Crippen LogP contribution in [0, 0.1) is 0 Å². The Morgan fingerprint density at radius 2 is 1.33 bits per heavy atom. The summed E-state index contributed by atoms with van der Waals surface area (Å²) in [6, 6.07) is 0. The molecule has 0 radical (unpaired) electrons. The van der Waals surface area contributed by atoms with Crippen molar-refractivity contribution in [2.75, 3.05) is 7.11 Å². The van der Waals surface area contributed by atoms with Gasteiger partial charge in [0.1, 0.15) is 0 Å². The summed E-state index contributed by atoms with van der Waals surface area (Å²) in [5.41, 5.74) is 0. The van der Waals surface area contributed by atoms with E-state index >= 15 is 0 Å². The van der Waals surface area contributed by atoms with Gasteiger partial charge in [0.15, 0.2) is 0 Å². The minimum Gasteiger partial charge on any atom is -0.481 e. The van der Waals surface area contributed by atoms with Crippen LogP contribution in [0.3, 0.4) is 0 Å². The molecule has 0 rings (SSSR count). The topological polar surface area (TPSA) is 63.6 Å². The van der Waals surface area contributed by atoms with Gasteiger partial charge in [0.05, 0.1) is 7.11 Å². The number of unbranched alkanes of at least 4 members (excludes halogenated alkanes) is 8. The molecule has 0 fully saturated rings. The maximum atomic E-state index is 10.9. The lowest BCUT2D eigenvalue weighted by Crippen LogP contribution is -1.99. The molecule has 0 unspecified atom stereocenters. The number of methoxy groups -OCH3 is 1. The fourth-order valence-corrected chi connectivity index (χ4v) is 2.12. The van der Waals surface area contributed by atoms with Crippen LogP contribution in [0.15, 0.2) is 12.2 Å². The van der Waals surface area contributed by atoms with Gasteiger partial charge in [0.25, 0.3) is 0 Å². The summed E-state index contributed by atoms with van der Waals surface area (Å²) in [5.74, 6) is -0.819. The average molecular weight is 298 g/mol. The van der Waals surface area contributed by atoms with Gasteiger partial charge in [0.2, 0.25) is 0 Å². The van der Waals surface area contributed by atoms with Gasteiger partial charge in [-0.1, -0.05) is 44.3 Å². The fraction of sp³-hybridized carbons (Fsp3) is 0.765. The fourth-order valence-electron chi connectivity index (χ4n) is 2.12. The second-order valence-corrected chi connectivity index (χ2v) is 5.35. The van der Waals surface area contributed by atoms with Crippen molar-refractivity contribution >= 4 is 11.9 Å². The Kier molecular flexibility index (Phi) is 14.1. The number of hydrogen-bond acceptors (Lipinski definition) is 3. The minimum atomic E-state index is -0.713. The van der Waals surface area contributed by atoms with E-state index in [-0.39, 0.29) is 12.4 Å². The smallest absolute Gasteiger partial charge is 0.305 e. The van der Waals surface area contributed by atoms with Crippen molar-refractivity contribution in [3.63, 3.8) is 0 Å². The maximum absolute atomic E-state index is 10.9. The van der Waals surface area contributed by atoms with Crippen molar-refractivity contribution in [2.24, 2.45) is 0 Å². The van der Waals surface area contributed by atoms with Crippen molar-refractivity contribution in [3.8, 4) is 0 Å². The molecule has 0 amide bonds. The Morgan fingerprint density at radius 1 is 0.810 bits per heavy atom. The van der Waals surface area contributed by atoms with E-state index in [4.69, 9.17) is 5.11 Å². The Bertz CT molecular complexity index is 297. The van der Waals surface area contributed by atoms with Gasteiger partial charge in [-0.2, -0.15) is 0 Å². The molecule has 122 valence electrons. The lowest BCUT2D eigenvalue weighted by atomic mass is 10.1. The predicted octanol–water partition coefficient (Wildman–Crippen LogP) is 4.48. The van der Waals surface area contributed by atoms with Crippen molar-refractivity contribution in [2.45, 2.75) is 77.0 Å². The number of carboxylic acids is 1. The molecule has 0 atom stereocenters. The number of allylic oxidation sites excluding steroid dienone is 2. The molecule has 0 saturated carbocycles. The highest BCUT2D eigenvalue weighted by atomic mass is 16.5. The third-order valence-corrected chi connectivity index (χ3v) is 3.41. The van der Waals surface area contributed by atoms with Crippen LogP contribution in [-0.2, 0) is 14.3 Å². The van der Waals surface area contributed by atoms with Crippen LogP contribution in [0.25, 0.3) is 0 Å². The van der Waals surface area contributed by atoms with Gasteiger partial charge < -0.3 is 9.84 Å². The van der Waals surface area contributed by atoms with Crippen molar-refractivity contribution < 1.29 is 19.4 Å². The zero-order valence-corrected chi connectivity index (χ0v) is 13.3. The molecule has 4 nitrogen and oxygen atoms in total. The first-order valence-electron chi connectivity index (χ1n) is 8.10. The third kappa shape index (κ3) is 16.6. The number of ether oxygens (including phenoxy) is 1. The molecule has 0 aromatic heterocycles. The molecular weight excluding hydrogens is 268 g/mol. The van der Waals surface area contributed by atoms with E-state index in [1.165, 1.54) is 39.2 Å². The Balaban J connectivity index is 3.13. The quantitative estimate of drug-likeness (QED) is 0.292. The van der Waals surface area contributed by atoms with Gasteiger partial charge in [-0.05, 0) is 32.1 Å². The lowest BCUT2D eigenvalue weighted by Gasteiger charge is -2.01. The SMILES string of the molecule is COC(=O)CCCCCCCCCC=CCCCC(=O)O. The molecule has 0 spiro atoms. The van der Waals surface area contributed by atoms with Crippen LogP contribution >= 0.6 is 0 Å².